The molecule has 0 aliphatic carbocycles. The van der Waals surface area contributed by atoms with Crippen LogP contribution in [0.15, 0.2) is 89.3 Å². The lowest BCUT2D eigenvalue weighted by atomic mass is 10.1. The topological polar surface area (TPSA) is 26.0 Å². The number of rotatable bonds is 4. The van der Waals surface area contributed by atoms with Gasteiger partial charge in [0.05, 0.1) is 16.3 Å². The van der Waals surface area contributed by atoms with Gasteiger partial charge in [0.25, 0.3) is 0 Å². The summed E-state index contributed by atoms with van der Waals surface area (Å²) in [6, 6.07) is 27.9. The van der Waals surface area contributed by atoms with Gasteiger partial charge in [-0.15, -0.1) is 0 Å². The van der Waals surface area contributed by atoms with Gasteiger partial charge < -0.3 is 4.42 Å². The van der Waals surface area contributed by atoms with Gasteiger partial charge in [-0.25, -0.2) is 4.98 Å². The first kappa shape index (κ1) is 15.7. The highest BCUT2D eigenvalue weighted by Crippen LogP contribution is 2.33. The lowest BCUT2D eigenvalue weighted by Crippen LogP contribution is -1.91. The van der Waals surface area contributed by atoms with E-state index in [2.05, 4.69) is 12.1 Å². The molecule has 2 nitrogen and oxygen atoms in total. The third-order valence-electron chi connectivity index (χ3n) is 4.05. The molecule has 0 N–H and O–H groups in total. The highest BCUT2D eigenvalue weighted by molar-refractivity contribution is 6.33. The van der Waals surface area contributed by atoms with E-state index >= 15 is 0 Å². The molecule has 122 valence electrons. The summed E-state index contributed by atoms with van der Waals surface area (Å²) in [4.78, 5) is 4.76. The number of hydrogen-bond donors (Lipinski definition) is 0. The molecule has 0 saturated carbocycles. The summed E-state index contributed by atoms with van der Waals surface area (Å²) >= 11 is 6.33. The van der Waals surface area contributed by atoms with Gasteiger partial charge >= 0.3 is 0 Å². The van der Waals surface area contributed by atoms with Crippen LogP contribution >= 0.6 is 11.6 Å². The fourth-order valence-corrected chi connectivity index (χ4v) is 3.04. The van der Waals surface area contributed by atoms with E-state index in [1.54, 1.807) is 0 Å². The minimum absolute atomic E-state index is 0.551. The van der Waals surface area contributed by atoms with Gasteiger partial charge in [0, 0.05) is 12.0 Å². The fraction of sp³-hybridized carbons (Fsp3) is 0.0455. The van der Waals surface area contributed by atoms with E-state index in [1.807, 2.05) is 72.8 Å². The molecule has 0 saturated heterocycles. The van der Waals surface area contributed by atoms with Gasteiger partial charge in [-0.2, -0.15) is 0 Å². The third kappa shape index (κ3) is 3.35. The van der Waals surface area contributed by atoms with Crippen LogP contribution in [-0.2, 0) is 6.42 Å². The van der Waals surface area contributed by atoms with E-state index in [1.165, 1.54) is 5.56 Å². The minimum atomic E-state index is 0.551. The number of hydrogen-bond acceptors (Lipinski definition) is 2. The molecule has 3 heteroatoms. The van der Waals surface area contributed by atoms with Gasteiger partial charge in [0.1, 0.15) is 0 Å². The maximum atomic E-state index is 6.33. The Morgan fingerprint density at radius 3 is 2.12 bits per heavy atom. The van der Waals surface area contributed by atoms with Crippen LogP contribution in [0.25, 0.3) is 22.8 Å². The van der Waals surface area contributed by atoms with Crippen molar-refractivity contribution in [2.45, 2.75) is 6.42 Å². The number of halogens is 1. The van der Waals surface area contributed by atoms with Crippen molar-refractivity contribution in [3.8, 4) is 22.8 Å². The Balaban J connectivity index is 1.82. The zero-order valence-corrected chi connectivity index (χ0v) is 14.3. The van der Waals surface area contributed by atoms with Crippen LogP contribution < -0.4 is 0 Å². The fourth-order valence-electron chi connectivity index (χ4n) is 2.83. The van der Waals surface area contributed by atoms with Crippen molar-refractivity contribution in [3.05, 3.63) is 101 Å². The van der Waals surface area contributed by atoms with Crippen molar-refractivity contribution in [1.29, 1.82) is 0 Å². The van der Waals surface area contributed by atoms with E-state index in [0.29, 0.717) is 17.3 Å². The molecule has 1 heterocycles. The molecular formula is C22H16ClNO. The Bertz CT molecular complexity index is 977. The second-order valence-electron chi connectivity index (χ2n) is 5.80. The first-order valence-corrected chi connectivity index (χ1v) is 8.53. The summed E-state index contributed by atoms with van der Waals surface area (Å²) in [5, 5.41) is 0.634. The third-order valence-corrected chi connectivity index (χ3v) is 4.38. The number of benzene rings is 3. The second kappa shape index (κ2) is 6.96. The Labute approximate surface area is 151 Å². The first-order chi connectivity index (χ1) is 12.3. The van der Waals surface area contributed by atoms with Crippen LogP contribution in [0.2, 0.25) is 5.02 Å². The molecule has 1 aromatic heterocycles. The summed E-state index contributed by atoms with van der Waals surface area (Å²) in [5.41, 5.74) is 3.92. The predicted molar refractivity (Wildman–Crippen MR) is 102 cm³/mol. The van der Waals surface area contributed by atoms with Crippen LogP contribution in [-0.4, -0.2) is 4.98 Å². The summed E-state index contributed by atoms with van der Waals surface area (Å²) in [5.74, 6) is 1.34. The van der Waals surface area contributed by atoms with E-state index in [4.69, 9.17) is 21.0 Å². The average Bonchev–Trinajstić information content (AvgIpc) is 3.07. The van der Waals surface area contributed by atoms with Gasteiger partial charge in [-0.3, -0.25) is 0 Å². The monoisotopic (exact) mass is 345 g/mol. The quantitative estimate of drug-likeness (QED) is 0.436. The van der Waals surface area contributed by atoms with Gasteiger partial charge in [-0.1, -0.05) is 84.4 Å². The molecule has 0 amide bonds. The summed E-state index contributed by atoms with van der Waals surface area (Å²) in [7, 11) is 0. The van der Waals surface area contributed by atoms with Crippen molar-refractivity contribution < 1.29 is 4.42 Å². The SMILES string of the molecule is Clc1ccccc1-c1nc(Cc2ccccc2)c(-c2ccccc2)o1. The highest BCUT2D eigenvalue weighted by Gasteiger charge is 2.18. The molecule has 0 aliphatic rings. The molecule has 0 atom stereocenters. The first-order valence-electron chi connectivity index (χ1n) is 8.15. The zero-order valence-electron chi connectivity index (χ0n) is 13.5. The molecule has 4 aromatic rings. The van der Waals surface area contributed by atoms with Crippen molar-refractivity contribution in [3.63, 3.8) is 0 Å². The molecule has 0 fully saturated rings. The number of oxazole rings is 1. The zero-order chi connectivity index (χ0) is 17.1. The minimum Gasteiger partial charge on any atom is -0.436 e. The molecule has 0 radical (unpaired) electrons. The van der Waals surface area contributed by atoms with E-state index < -0.39 is 0 Å². The normalized spacial score (nSPS) is 10.8. The van der Waals surface area contributed by atoms with Crippen molar-refractivity contribution in [2.24, 2.45) is 0 Å². The maximum absolute atomic E-state index is 6.33. The van der Waals surface area contributed by atoms with Crippen LogP contribution in [0.3, 0.4) is 0 Å². The molecule has 0 spiro atoms. The largest absolute Gasteiger partial charge is 0.436 e. The molecule has 0 unspecified atom stereocenters. The van der Waals surface area contributed by atoms with Crippen LogP contribution in [0.5, 0.6) is 0 Å². The highest BCUT2D eigenvalue weighted by atomic mass is 35.5. The molecule has 3 aromatic carbocycles. The average molecular weight is 346 g/mol. The van der Waals surface area contributed by atoms with Crippen LogP contribution in [0.4, 0.5) is 0 Å². The number of nitrogens with zero attached hydrogens (tertiary/aromatic N) is 1. The van der Waals surface area contributed by atoms with Crippen molar-refractivity contribution >= 4 is 11.6 Å². The van der Waals surface area contributed by atoms with Gasteiger partial charge in [0.2, 0.25) is 5.89 Å². The molecule has 25 heavy (non-hydrogen) atoms. The maximum Gasteiger partial charge on any atom is 0.228 e. The number of aromatic nitrogens is 1. The molecule has 4 rings (SSSR count). The van der Waals surface area contributed by atoms with Crippen molar-refractivity contribution in [2.75, 3.05) is 0 Å². The van der Waals surface area contributed by atoms with Gasteiger partial charge in [-0.05, 0) is 17.7 Å². The van der Waals surface area contributed by atoms with Gasteiger partial charge in [0.15, 0.2) is 5.76 Å². The summed E-state index contributed by atoms with van der Waals surface area (Å²) < 4.78 is 6.14. The van der Waals surface area contributed by atoms with E-state index in [0.717, 1.165) is 22.6 Å². The Hall–Kier alpha value is -2.84. The van der Waals surface area contributed by atoms with E-state index in [9.17, 15) is 0 Å². The van der Waals surface area contributed by atoms with Crippen LogP contribution in [0.1, 0.15) is 11.3 Å². The molecule has 0 bridgehead atoms. The van der Waals surface area contributed by atoms with Crippen molar-refractivity contribution in [1.82, 2.24) is 4.98 Å². The smallest absolute Gasteiger partial charge is 0.228 e. The van der Waals surface area contributed by atoms with Crippen LogP contribution in [0, 0.1) is 0 Å². The Morgan fingerprint density at radius 1 is 0.760 bits per heavy atom. The Morgan fingerprint density at radius 2 is 1.40 bits per heavy atom. The lowest BCUT2D eigenvalue weighted by Gasteiger charge is -2.01. The summed E-state index contributed by atoms with van der Waals surface area (Å²) in [6.45, 7) is 0. The molecular weight excluding hydrogens is 330 g/mol. The Kier molecular flexibility index (Phi) is 4.36. The summed E-state index contributed by atoms with van der Waals surface area (Å²) in [6.07, 6.45) is 0.707. The second-order valence-corrected chi connectivity index (χ2v) is 6.21. The lowest BCUT2D eigenvalue weighted by molar-refractivity contribution is 0.588. The standard InChI is InChI=1S/C22H16ClNO/c23-19-14-8-7-13-18(19)22-24-20(15-16-9-3-1-4-10-16)21(25-22)17-11-5-2-6-12-17/h1-14H,15H2. The molecule has 0 aliphatic heterocycles. The predicted octanol–water partition coefficient (Wildman–Crippen LogP) is 6.25. The van der Waals surface area contributed by atoms with E-state index in [-0.39, 0.29) is 0 Å².